The van der Waals surface area contributed by atoms with Gasteiger partial charge in [0, 0.05) is 19.1 Å². The number of benzene rings is 1. The third-order valence-electron chi connectivity index (χ3n) is 6.74. The van der Waals surface area contributed by atoms with Gasteiger partial charge in [-0.3, -0.25) is 4.79 Å². The molecule has 1 aliphatic heterocycles. The summed E-state index contributed by atoms with van der Waals surface area (Å²) in [6.45, 7) is 6.65. The number of carbonyl (C=O) groups excluding carboxylic acids is 2. The third kappa shape index (κ3) is 5.66. The summed E-state index contributed by atoms with van der Waals surface area (Å²) in [7, 11) is -3.66. The number of carbonyl (C=O) groups is 2. The van der Waals surface area contributed by atoms with E-state index in [2.05, 4.69) is 19.2 Å². The molecule has 2 fully saturated rings. The predicted octanol–water partition coefficient (Wildman–Crippen LogP) is 3.27. The van der Waals surface area contributed by atoms with Gasteiger partial charge in [-0.05, 0) is 55.7 Å². The van der Waals surface area contributed by atoms with E-state index in [0.29, 0.717) is 30.5 Å². The molecule has 1 saturated carbocycles. The van der Waals surface area contributed by atoms with Crippen molar-refractivity contribution in [3.05, 3.63) is 29.3 Å². The number of hydrogen-bond donors (Lipinski definition) is 1. The van der Waals surface area contributed by atoms with Crippen LogP contribution in [-0.2, 0) is 19.6 Å². The van der Waals surface area contributed by atoms with Crippen LogP contribution in [0.15, 0.2) is 23.1 Å². The number of esters is 1. The van der Waals surface area contributed by atoms with Crippen molar-refractivity contribution in [1.29, 1.82) is 0 Å². The predicted molar refractivity (Wildman–Crippen MR) is 118 cm³/mol. The zero-order valence-corrected chi connectivity index (χ0v) is 19.5. The first-order chi connectivity index (χ1) is 14.7. The summed E-state index contributed by atoms with van der Waals surface area (Å²) in [5.41, 5.74) is 0.717. The molecular formula is C23H34N2O5S. The van der Waals surface area contributed by atoms with Gasteiger partial charge in [0.1, 0.15) is 0 Å². The Morgan fingerprint density at radius 2 is 1.81 bits per heavy atom. The molecule has 1 amide bonds. The van der Waals surface area contributed by atoms with Crippen LogP contribution in [0.5, 0.6) is 0 Å². The lowest BCUT2D eigenvalue weighted by molar-refractivity contribution is -0.125. The van der Waals surface area contributed by atoms with E-state index in [0.717, 1.165) is 32.1 Å². The molecule has 31 heavy (non-hydrogen) atoms. The molecule has 2 aliphatic rings. The van der Waals surface area contributed by atoms with Crippen molar-refractivity contribution in [3.63, 3.8) is 0 Å². The van der Waals surface area contributed by atoms with Crippen molar-refractivity contribution >= 4 is 21.9 Å². The second-order valence-corrected chi connectivity index (χ2v) is 10.9. The maximum atomic E-state index is 13.0. The minimum absolute atomic E-state index is 0.0932. The van der Waals surface area contributed by atoms with E-state index in [9.17, 15) is 18.0 Å². The molecule has 1 aliphatic carbocycles. The number of piperidine rings is 1. The van der Waals surface area contributed by atoms with Crippen LogP contribution in [0.4, 0.5) is 0 Å². The van der Waals surface area contributed by atoms with Gasteiger partial charge in [0.15, 0.2) is 6.61 Å². The highest BCUT2D eigenvalue weighted by Gasteiger charge is 2.30. The van der Waals surface area contributed by atoms with Gasteiger partial charge in [-0.25, -0.2) is 13.2 Å². The monoisotopic (exact) mass is 450 g/mol. The number of ether oxygens (including phenoxy) is 1. The first-order valence-corrected chi connectivity index (χ1v) is 12.7. The Morgan fingerprint density at radius 1 is 1.10 bits per heavy atom. The minimum Gasteiger partial charge on any atom is -0.452 e. The second kappa shape index (κ2) is 10.1. The number of amides is 1. The highest BCUT2D eigenvalue weighted by Crippen LogP contribution is 2.29. The maximum absolute atomic E-state index is 13.0. The van der Waals surface area contributed by atoms with Crippen LogP contribution in [0.1, 0.15) is 68.3 Å². The normalized spacial score (nSPS) is 25.1. The average molecular weight is 451 g/mol. The fourth-order valence-electron chi connectivity index (χ4n) is 4.50. The van der Waals surface area contributed by atoms with E-state index in [4.69, 9.17) is 4.74 Å². The van der Waals surface area contributed by atoms with Gasteiger partial charge < -0.3 is 10.1 Å². The van der Waals surface area contributed by atoms with Crippen LogP contribution in [-0.4, -0.2) is 50.3 Å². The molecule has 3 atom stereocenters. The van der Waals surface area contributed by atoms with Crippen molar-refractivity contribution in [2.24, 2.45) is 11.8 Å². The SMILES string of the molecule is Cc1ccc(C(=O)OCC(=O)N[C@@H]2CCC[C@H](C)[C@H]2C)cc1S(=O)(=O)N1CCCCC1. The molecule has 0 unspecified atom stereocenters. The lowest BCUT2D eigenvalue weighted by Gasteiger charge is -2.34. The third-order valence-corrected chi connectivity index (χ3v) is 8.78. The van der Waals surface area contributed by atoms with Gasteiger partial charge in [-0.1, -0.05) is 39.2 Å². The summed E-state index contributed by atoms with van der Waals surface area (Å²) >= 11 is 0. The Labute approximate surface area is 185 Å². The number of sulfonamides is 1. The smallest absolute Gasteiger partial charge is 0.338 e. The molecule has 1 aromatic carbocycles. The highest BCUT2D eigenvalue weighted by atomic mass is 32.2. The molecule has 1 saturated heterocycles. The molecule has 1 aromatic rings. The van der Waals surface area contributed by atoms with Crippen LogP contribution in [0.25, 0.3) is 0 Å². The van der Waals surface area contributed by atoms with Crippen LogP contribution in [0.2, 0.25) is 0 Å². The van der Waals surface area contributed by atoms with E-state index >= 15 is 0 Å². The van der Waals surface area contributed by atoms with E-state index in [-0.39, 0.29) is 29.0 Å². The molecule has 0 bridgehead atoms. The number of nitrogens with zero attached hydrogens (tertiary/aromatic N) is 1. The Morgan fingerprint density at radius 3 is 2.52 bits per heavy atom. The largest absolute Gasteiger partial charge is 0.452 e. The van der Waals surface area contributed by atoms with E-state index in [1.54, 1.807) is 13.0 Å². The Bertz CT molecular complexity index is 909. The average Bonchev–Trinajstić information content (AvgIpc) is 2.76. The lowest BCUT2D eigenvalue weighted by Crippen LogP contribution is -2.45. The van der Waals surface area contributed by atoms with Crippen molar-refractivity contribution in [3.8, 4) is 0 Å². The summed E-state index contributed by atoms with van der Waals surface area (Å²) in [5.74, 6) is -0.0923. The van der Waals surface area contributed by atoms with Gasteiger partial charge >= 0.3 is 5.97 Å². The fraction of sp³-hybridized carbons (Fsp3) is 0.652. The summed E-state index contributed by atoms with van der Waals surface area (Å²) in [6, 6.07) is 4.61. The van der Waals surface area contributed by atoms with Gasteiger partial charge in [-0.2, -0.15) is 4.31 Å². The van der Waals surface area contributed by atoms with E-state index in [1.165, 1.54) is 22.9 Å². The van der Waals surface area contributed by atoms with Crippen LogP contribution >= 0.6 is 0 Å². The number of aryl methyl sites for hydroxylation is 1. The van der Waals surface area contributed by atoms with E-state index in [1.807, 2.05) is 0 Å². The quantitative estimate of drug-likeness (QED) is 0.672. The number of nitrogens with one attached hydrogen (secondary N) is 1. The lowest BCUT2D eigenvalue weighted by atomic mass is 9.78. The minimum atomic E-state index is -3.66. The summed E-state index contributed by atoms with van der Waals surface area (Å²) in [6.07, 6.45) is 5.88. The number of rotatable bonds is 6. The first kappa shape index (κ1) is 23.7. The van der Waals surface area contributed by atoms with Gasteiger partial charge in [0.2, 0.25) is 10.0 Å². The number of hydrogen-bond acceptors (Lipinski definition) is 5. The molecule has 172 valence electrons. The van der Waals surface area contributed by atoms with Crippen molar-refractivity contribution in [2.75, 3.05) is 19.7 Å². The molecule has 3 rings (SSSR count). The molecule has 8 heteroatoms. The molecule has 7 nitrogen and oxygen atoms in total. The van der Waals surface area contributed by atoms with Gasteiger partial charge in [-0.15, -0.1) is 0 Å². The first-order valence-electron chi connectivity index (χ1n) is 11.3. The van der Waals surface area contributed by atoms with Crippen molar-refractivity contribution in [2.45, 2.75) is 70.2 Å². The molecule has 0 aromatic heterocycles. The highest BCUT2D eigenvalue weighted by molar-refractivity contribution is 7.89. The van der Waals surface area contributed by atoms with Crippen molar-refractivity contribution in [1.82, 2.24) is 9.62 Å². The Kier molecular flexibility index (Phi) is 7.75. The fourth-order valence-corrected chi connectivity index (χ4v) is 6.27. The Balaban J connectivity index is 1.63. The molecule has 1 heterocycles. The van der Waals surface area contributed by atoms with Crippen LogP contribution in [0.3, 0.4) is 0 Å². The summed E-state index contributed by atoms with van der Waals surface area (Å²) < 4.78 is 32.7. The van der Waals surface area contributed by atoms with Crippen LogP contribution in [0, 0.1) is 18.8 Å². The van der Waals surface area contributed by atoms with Gasteiger partial charge in [0.05, 0.1) is 10.5 Å². The second-order valence-electron chi connectivity index (χ2n) is 8.96. The molecule has 0 radical (unpaired) electrons. The van der Waals surface area contributed by atoms with Gasteiger partial charge in [0.25, 0.3) is 5.91 Å². The molecule has 1 N–H and O–H groups in total. The standard InChI is InChI=1S/C23H34N2O5S/c1-16-8-7-9-20(18(16)3)24-22(26)15-30-23(27)19-11-10-17(2)21(14-19)31(28,29)25-12-5-4-6-13-25/h10-11,14,16,18,20H,4-9,12-13,15H2,1-3H3,(H,24,26)/t16-,18+,20+/m0/s1. The molecule has 0 spiro atoms. The zero-order chi connectivity index (χ0) is 22.6. The molecular weight excluding hydrogens is 416 g/mol. The Hall–Kier alpha value is -1.93. The maximum Gasteiger partial charge on any atom is 0.338 e. The topological polar surface area (TPSA) is 92.8 Å². The summed E-state index contributed by atoms with van der Waals surface area (Å²) in [4.78, 5) is 24.9. The van der Waals surface area contributed by atoms with E-state index < -0.39 is 16.0 Å². The zero-order valence-electron chi connectivity index (χ0n) is 18.7. The van der Waals surface area contributed by atoms with Crippen molar-refractivity contribution < 1.29 is 22.7 Å². The summed E-state index contributed by atoms with van der Waals surface area (Å²) in [5, 5.41) is 2.97. The van der Waals surface area contributed by atoms with Crippen LogP contribution < -0.4 is 5.32 Å².